The van der Waals surface area contributed by atoms with E-state index in [1.54, 1.807) is 29.7 Å². The number of imidazole rings is 1. The summed E-state index contributed by atoms with van der Waals surface area (Å²) in [5.41, 5.74) is 0.262. The summed E-state index contributed by atoms with van der Waals surface area (Å²) >= 11 is 10.6. The maximum Gasteiger partial charge on any atom is 0.302 e. The molecule has 36 heavy (non-hydrogen) atoms. The average Bonchev–Trinajstić information content (AvgIpc) is 3.34. The molecule has 2 heterocycles. The van der Waals surface area contributed by atoms with Crippen LogP contribution in [0, 0.1) is 0 Å². The van der Waals surface area contributed by atoms with Crippen molar-refractivity contribution in [2.24, 2.45) is 0 Å². The van der Waals surface area contributed by atoms with Crippen LogP contribution in [0.4, 0.5) is 11.6 Å². The summed E-state index contributed by atoms with van der Waals surface area (Å²) in [6.45, 7) is 3.60. The molecule has 0 aliphatic carbocycles. The van der Waals surface area contributed by atoms with Crippen LogP contribution in [-0.4, -0.2) is 38.9 Å². The van der Waals surface area contributed by atoms with Gasteiger partial charge in [0.15, 0.2) is 5.03 Å². The van der Waals surface area contributed by atoms with Crippen molar-refractivity contribution in [1.29, 1.82) is 0 Å². The van der Waals surface area contributed by atoms with E-state index in [1.165, 1.54) is 18.0 Å². The molecule has 190 valence electrons. The minimum Gasteiger partial charge on any atom is -0.466 e. The highest BCUT2D eigenvalue weighted by Crippen LogP contribution is 2.44. The van der Waals surface area contributed by atoms with E-state index in [2.05, 4.69) is 4.98 Å². The van der Waals surface area contributed by atoms with Crippen LogP contribution in [-0.2, 0) is 41.5 Å². The van der Waals surface area contributed by atoms with Gasteiger partial charge in [-0.2, -0.15) is 0 Å². The number of fused-ring (bicyclic) bond motifs is 1. The number of nitrogens with zero attached hydrogens (tertiary/aromatic N) is 3. The first-order chi connectivity index (χ1) is 17.2. The fraction of sp³-hybridized carbons (Fsp3) is 0.320. The number of carbonyl (C=O) groups is 2. The number of esters is 1. The van der Waals surface area contributed by atoms with E-state index in [0.29, 0.717) is 40.9 Å². The summed E-state index contributed by atoms with van der Waals surface area (Å²) in [5, 5.41) is 1.02. The van der Waals surface area contributed by atoms with E-state index in [4.69, 9.17) is 32.1 Å². The second-order valence-electron chi connectivity index (χ2n) is 8.54. The number of benzene rings is 2. The number of ether oxygens (including phenoxy) is 1. The highest BCUT2D eigenvalue weighted by Gasteiger charge is 2.51. The molecular weight excluding hydrogens is 525 g/mol. The summed E-state index contributed by atoms with van der Waals surface area (Å²) in [7, 11) is 0. The van der Waals surface area contributed by atoms with Gasteiger partial charge in [-0.05, 0) is 43.5 Å². The van der Waals surface area contributed by atoms with Gasteiger partial charge in [0.1, 0.15) is 5.54 Å². The Bertz CT molecular complexity index is 1280. The first-order valence-electron chi connectivity index (χ1n) is 11.3. The lowest BCUT2D eigenvalue weighted by molar-refractivity contribution is -0.141. The van der Waals surface area contributed by atoms with Gasteiger partial charge in [-0.3, -0.25) is 18.3 Å². The van der Waals surface area contributed by atoms with E-state index in [0.717, 1.165) is 5.56 Å². The first-order valence-corrected chi connectivity index (χ1v) is 13.1. The molecule has 0 N–H and O–H groups in total. The second kappa shape index (κ2) is 11.1. The third-order valence-corrected chi connectivity index (χ3v) is 7.22. The van der Waals surface area contributed by atoms with E-state index in [1.807, 2.05) is 30.3 Å². The molecular formula is C25H25Cl2N3O5S. The molecule has 0 fully saturated rings. The molecule has 2 unspecified atom stereocenters. The van der Waals surface area contributed by atoms with Gasteiger partial charge in [0, 0.05) is 23.4 Å². The maximum atomic E-state index is 13.9. The van der Waals surface area contributed by atoms with E-state index in [9.17, 15) is 13.8 Å². The Morgan fingerprint density at radius 1 is 1.08 bits per heavy atom. The van der Waals surface area contributed by atoms with Crippen LogP contribution >= 0.6 is 23.2 Å². The quantitative estimate of drug-likeness (QED) is 0.254. The normalized spacial score (nSPS) is 17.8. The van der Waals surface area contributed by atoms with Crippen LogP contribution in [0.15, 0.2) is 59.8 Å². The first kappa shape index (κ1) is 26.3. The number of rotatable bonds is 10. The SMILES string of the molecule is CC(=O)OCCCCOS(=O)c1cnc2n1C(C)(Cc1ccccc1)C(=O)N2c1cc(Cl)cc(Cl)c1. The summed E-state index contributed by atoms with van der Waals surface area (Å²) < 4.78 is 25.3. The summed E-state index contributed by atoms with van der Waals surface area (Å²) in [4.78, 5) is 30.7. The third kappa shape index (κ3) is 5.49. The molecule has 3 aromatic rings. The molecule has 0 radical (unpaired) electrons. The van der Waals surface area contributed by atoms with Crippen molar-refractivity contribution in [1.82, 2.24) is 9.55 Å². The molecule has 1 aromatic heterocycles. The Morgan fingerprint density at radius 3 is 2.42 bits per heavy atom. The van der Waals surface area contributed by atoms with Crippen LogP contribution in [0.2, 0.25) is 10.0 Å². The molecule has 8 nitrogen and oxygen atoms in total. The summed E-state index contributed by atoms with van der Waals surface area (Å²) in [6.07, 6.45) is 2.93. The van der Waals surface area contributed by atoms with Crippen molar-refractivity contribution in [2.45, 2.75) is 43.7 Å². The van der Waals surface area contributed by atoms with Crippen LogP contribution in [0.3, 0.4) is 0 Å². The molecule has 2 atom stereocenters. The van der Waals surface area contributed by atoms with Crippen LogP contribution < -0.4 is 4.90 Å². The van der Waals surface area contributed by atoms with Gasteiger partial charge in [0.25, 0.3) is 5.91 Å². The Labute approximate surface area is 221 Å². The largest absolute Gasteiger partial charge is 0.466 e. The van der Waals surface area contributed by atoms with Crippen molar-refractivity contribution in [3.63, 3.8) is 0 Å². The van der Waals surface area contributed by atoms with E-state index in [-0.39, 0.29) is 30.1 Å². The Kier molecular flexibility index (Phi) is 8.14. The fourth-order valence-corrected chi connectivity index (χ4v) is 5.63. The molecule has 0 saturated carbocycles. The maximum absolute atomic E-state index is 13.9. The zero-order valence-corrected chi connectivity index (χ0v) is 22.1. The van der Waals surface area contributed by atoms with Gasteiger partial charge in [-0.25, -0.2) is 14.1 Å². The number of carbonyl (C=O) groups excluding carboxylic acids is 2. The van der Waals surface area contributed by atoms with Gasteiger partial charge in [0.05, 0.1) is 25.1 Å². The van der Waals surface area contributed by atoms with Crippen LogP contribution in [0.1, 0.15) is 32.3 Å². The van der Waals surface area contributed by atoms with Gasteiger partial charge < -0.3 is 4.74 Å². The Morgan fingerprint density at radius 2 is 1.75 bits per heavy atom. The predicted molar refractivity (Wildman–Crippen MR) is 138 cm³/mol. The lowest BCUT2D eigenvalue weighted by Crippen LogP contribution is -2.41. The number of aromatic nitrogens is 2. The Hall–Kier alpha value is -2.72. The van der Waals surface area contributed by atoms with Gasteiger partial charge in [0.2, 0.25) is 17.0 Å². The highest BCUT2D eigenvalue weighted by atomic mass is 35.5. The van der Waals surface area contributed by atoms with Crippen LogP contribution in [0.25, 0.3) is 0 Å². The van der Waals surface area contributed by atoms with Gasteiger partial charge in [-0.1, -0.05) is 53.5 Å². The number of amides is 1. The predicted octanol–water partition coefficient (Wildman–Crippen LogP) is 5.21. The zero-order chi connectivity index (χ0) is 25.9. The smallest absolute Gasteiger partial charge is 0.302 e. The molecule has 2 aromatic carbocycles. The molecule has 0 bridgehead atoms. The van der Waals surface area contributed by atoms with Crippen LogP contribution in [0.5, 0.6) is 0 Å². The molecule has 1 aliphatic heterocycles. The van der Waals surface area contributed by atoms with Gasteiger partial charge in [-0.15, -0.1) is 0 Å². The summed E-state index contributed by atoms with van der Waals surface area (Å²) in [5.74, 6) is -0.298. The lowest BCUT2D eigenvalue weighted by Gasteiger charge is -2.26. The molecule has 1 aliphatic rings. The molecule has 1 amide bonds. The van der Waals surface area contributed by atoms with Crippen molar-refractivity contribution in [3.05, 3.63) is 70.3 Å². The van der Waals surface area contributed by atoms with E-state index >= 15 is 0 Å². The zero-order valence-electron chi connectivity index (χ0n) is 19.8. The number of anilines is 2. The van der Waals surface area contributed by atoms with Gasteiger partial charge >= 0.3 is 5.97 Å². The number of unbranched alkanes of at least 4 members (excludes halogenated alkanes) is 1. The third-order valence-electron chi connectivity index (χ3n) is 5.77. The van der Waals surface area contributed by atoms with E-state index < -0.39 is 16.6 Å². The fourth-order valence-electron chi connectivity index (χ4n) is 4.16. The van der Waals surface area contributed by atoms with Crippen molar-refractivity contribution in [3.8, 4) is 0 Å². The Balaban J connectivity index is 1.65. The number of hydrogen-bond acceptors (Lipinski definition) is 6. The average molecular weight is 550 g/mol. The highest BCUT2D eigenvalue weighted by molar-refractivity contribution is 7.80. The number of halogens is 2. The monoisotopic (exact) mass is 549 g/mol. The standard InChI is InChI=1S/C25H25Cl2N3O5S/c1-17(31)34-10-6-7-11-35-36(33)22-16-28-24-29(21-13-19(26)12-20(27)14-21)23(32)25(2,30(22)24)15-18-8-4-3-5-9-18/h3-5,8-9,12-14,16H,6-7,10-11,15H2,1-2H3. The minimum atomic E-state index is -1.89. The topological polar surface area (TPSA) is 90.7 Å². The van der Waals surface area contributed by atoms with Crippen molar-refractivity contribution in [2.75, 3.05) is 18.1 Å². The van der Waals surface area contributed by atoms with Crippen molar-refractivity contribution < 1.29 is 22.7 Å². The summed E-state index contributed by atoms with van der Waals surface area (Å²) in [6, 6.07) is 14.4. The lowest BCUT2D eigenvalue weighted by atomic mass is 9.92. The minimum absolute atomic E-state index is 0.186. The second-order valence-corrected chi connectivity index (χ2v) is 10.5. The van der Waals surface area contributed by atoms with Crippen molar-refractivity contribution >= 4 is 57.8 Å². The molecule has 0 saturated heterocycles. The molecule has 0 spiro atoms. The molecule has 11 heteroatoms. The molecule has 4 rings (SSSR count). The number of hydrogen-bond donors (Lipinski definition) is 0.